The highest BCUT2D eigenvalue weighted by molar-refractivity contribution is 7.68. The predicted octanol–water partition coefficient (Wildman–Crippen LogP) is 1.15. The minimum absolute atomic E-state index is 0.224. The number of phosphoric acid groups is 2. The van der Waals surface area contributed by atoms with Crippen LogP contribution in [-0.4, -0.2) is 53.6 Å². The van der Waals surface area contributed by atoms with E-state index >= 15 is 0 Å². The monoisotopic (exact) mass is 473 g/mol. The molecule has 0 aliphatic carbocycles. The van der Waals surface area contributed by atoms with Crippen LogP contribution in [0.4, 0.5) is 5.82 Å². The van der Waals surface area contributed by atoms with Crippen LogP contribution in [0.1, 0.15) is 19.1 Å². The van der Waals surface area contributed by atoms with Crippen LogP contribution in [0.3, 0.4) is 0 Å². The summed E-state index contributed by atoms with van der Waals surface area (Å²) < 4.78 is 54.6. The number of rotatable bonds is 8. The summed E-state index contributed by atoms with van der Waals surface area (Å²) in [6, 6.07) is 0. The highest BCUT2D eigenvalue weighted by Crippen LogP contribution is 2.66. The summed E-state index contributed by atoms with van der Waals surface area (Å²) in [6.45, 7) is 0.582. The van der Waals surface area contributed by atoms with E-state index in [0.717, 1.165) is 6.66 Å². The molecule has 1 saturated heterocycles. The number of ether oxygens (including phenoxy) is 1. The molecule has 2 aromatic rings. The molecular formula is C11H18N5O10P3. The van der Waals surface area contributed by atoms with Crippen molar-refractivity contribution in [1.29, 1.82) is 0 Å². The molecule has 4 atom stereocenters. The van der Waals surface area contributed by atoms with Crippen LogP contribution in [0.15, 0.2) is 12.7 Å². The van der Waals surface area contributed by atoms with Crippen LogP contribution >= 0.6 is 23.2 Å². The van der Waals surface area contributed by atoms with Crippen molar-refractivity contribution >= 4 is 40.2 Å². The Labute approximate surface area is 163 Å². The molecule has 0 amide bonds. The predicted molar refractivity (Wildman–Crippen MR) is 96.4 cm³/mol. The van der Waals surface area contributed by atoms with Crippen LogP contribution in [0, 0.1) is 0 Å². The Morgan fingerprint density at radius 3 is 2.62 bits per heavy atom. The normalized spacial score (nSPS) is 24.4. The number of hydrogen-bond donors (Lipinski definition) is 4. The topological polar surface area (TPSA) is 218 Å². The number of imidazole rings is 1. The molecule has 3 rings (SSSR count). The molecule has 0 aromatic carbocycles. The Bertz CT molecular complexity index is 1040. The minimum atomic E-state index is -5.34. The quantitative estimate of drug-likeness (QED) is 0.395. The lowest BCUT2D eigenvalue weighted by Crippen LogP contribution is -2.16. The summed E-state index contributed by atoms with van der Waals surface area (Å²) in [7, 11) is -14.8. The number of nitrogens with two attached hydrogens (primary N) is 1. The molecule has 3 heterocycles. The van der Waals surface area contributed by atoms with Crippen molar-refractivity contribution in [3.05, 3.63) is 12.7 Å². The largest absolute Gasteiger partial charge is 0.488 e. The molecule has 1 aliphatic rings. The summed E-state index contributed by atoms with van der Waals surface area (Å²) in [6.07, 6.45) is 2.82. The van der Waals surface area contributed by atoms with E-state index in [1.54, 1.807) is 4.57 Å². The van der Waals surface area contributed by atoms with Gasteiger partial charge < -0.3 is 29.7 Å². The maximum atomic E-state index is 12.2. The fourth-order valence-corrected chi connectivity index (χ4v) is 6.26. The molecule has 162 valence electrons. The van der Waals surface area contributed by atoms with Gasteiger partial charge in [0.05, 0.1) is 19.0 Å². The number of nitrogens with zero attached hydrogens (tertiary/aromatic N) is 4. The van der Waals surface area contributed by atoms with Crippen molar-refractivity contribution in [2.75, 3.05) is 19.0 Å². The zero-order valence-corrected chi connectivity index (χ0v) is 17.5. The maximum Gasteiger partial charge on any atom is 0.488 e. The molecule has 0 radical (unpaired) electrons. The summed E-state index contributed by atoms with van der Waals surface area (Å²) in [5, 5.41) is 0. The molecule has 18 heteroatoms. The van der Waals surface area contributed by atoms with E-state index in [1.165, 1.54) is 12.7 Å². The second-order valence-electron chi connectivity index (χ2n) is 6.06. The van der Waals surface area contributed by atoms with Gasteiger partial charge in [-0.3, -0.25) is 9.13 Å². The lowest BCUT2D eigenvalue weighted by Gasteiger charge is -2.20. The molecular weight excluding hydrogens is 455 g/mol. The van der Waals surface area contributed by atoms with E-state index in [0.29, 0.717) is 24.0 Å². The van der Waals surface area contributed by atoms with Gasteiger partial charge in [-0.2, -0.15) is 4.31 Å². The van der Waals surface area contributed by atoms with Gasteiger partial charge >= 0.3 is 23.2 Å². The number of fused-ring (bicyclic) bond motifs is 1. The van der Waals surface area contributed by atoms with Crippen LogP contribution in [0.2, 0.25) is 0 Å². The van der Waals surface area contributed by atoms with Crippen molar-refractivity contribution in [3.8, 4) is 0 Å². The molecule has 0 saturated carbocycles. The van der Waals surface area contributed by atoms with Gasteiger partial charge in [0.25, 0.3) is 0 Å². The van der Waals surface area contributed by atoms with Crippen LogP contribution < -0.4 is 5.73 Å². The smallest absolute Gasteiger partial charge is 0.382 e. The molecule has 2 unspecified atom stereocenters. The first-order valence-corrected chi connectivity index (χ1v) is 13.0. The van der Waals surface area contributed by atoms with Gasteiger partial charge in [0, 0.05) is 6.66 Å². The van der Waals surface area contributed by atoms with Gasteiger partial charge in [-0.05, 0) is 12.8 Å². The van der Waals surface area contributed by atoms with Crippen LogP contribution in [0.5, 0.6) is 0 Å². The van der Waals surface area contributed by atoms with Gasteiger partial charge in [-0.1, -0.05) is 0 Å². The summed E-state index contributed by atoms with van der Waals surface area (Å²) in [5.41, 5.74) is 6.64. The van der Waals surface area contributed by atoms with Gasteiger partial charge in [-0.15, -0.1) is 0 Å². The van der Waals surface area contributed by atoms with Crippen molar-refractivity contribution in [2.45, 2.75) is 25.2 Å². The third-order valence-electron chi connectivity index (χ3n) is 3.74. The van der Waals surface area contributed by atoms with Gasteiger partial charge in [0.15, 0.2) is 11.5 Å². The number of hydrogen-bond acceptors (Lipinski definition) is 11. The summed E-state index contributed by atoms with van der Waals surface area (Å²) in [5.74, 6) is 0.224. The first kappa shape index (κ1) is 22.4. The molecule has 1 aliphatic heterocycles. The highest BCUT2D eigenvalue weighted by Gasteiger charge is 2.39. The second kappa shape index (κ2) is 8.12. The first-order chi connectivity index (χ1) is 13.4. The van der Waals surface area contributed by atoms with Gasteiger partial charge in [0.1, 0.15) is 18.1 Å². The van der Waals surface area contributed by atoms with Crippen molar-refractivity contribution in [1.82, 2.24) is 19.5 Å². The second-order valence-corrected chi connectivity index (χ2v) is 11.1. The third-order valence-corrected chi connectivity index (χ3v) is 8.04. The van der Waals surface area contributed by atoms with Gasteiger partial charge in [-0.25, -0.2) is 28.4 Å². The molecule has 5 N–H and O–H groups in total. The van der Waals surface area contributed by atoms with Crippen LogP contribution in [0.25, 0.3) is 11.2 Å². The third kappa shape index (κ3) is 5.89. The zero-order valence-electron chi connectivity index (χ0n) is 14.8. The standard InChI is InChI=1S/C11H18N5O10P3/c1-27(17,25-29(21,22)26-28(18,19)20)23-4-7-2-3-8(24-7)16-6-15-9-10(12)13-5-14-11(9)16/h5-8H,2-4H2,1H3,(H,21,22)(H2,12,13,14)(H2,18,19,20)/t7-,8+,27?/m0/s1. The highest BCUT2D eigenvalue weighted by atomic mass is 31.3. The fraction of sp³-hybridized carbons (Fsp3) is 0.545. The van der Waals surface area contributed by atoms with E-state index in [4.69, 9.17) is 24.8 Å². The van der Waals surface area contributed by atoms with Crippen LogP contribution in [-0.2, 0) is 31.6 Å². The number of aromatic nitrogens is 4. The number of anilines is 1. The molecule has 2 aromatic heterocycles. The van der Waals surface area contributed by atoms with E-state index in [1.807, 2.05) is 0 Å². The molecule has 0 bridgehead atoms. The number of nitrogen functional groups attached to an aromatic ring is 1. The fourth-order valence-electron chi connectivity index (χ4n) is 2.67. The van der Waals surface area contributed by atoms with E-state index < -0.39 is 35.6 Å². The van der Waals surface area contributed by atoms with E-state index in [9.17, 15) is 18.6 Å². The Kier molecular flexibility index (Phi) is 6.29. The van der Waals surface area contributed by atoms with Crippen molar-refractivity contribution in [3.63, 3.8) is 0 Å². The molecule has 1 fully saturated rings. The molecule has 15 nitrogen and oxygen atoms in total. The SMILES string of the molecule is CP(=O)(OC[C@@H]1CC[C@H](n2cnc3c(N)ncnc32)O1)OP(=O)(O)OP(=O)(O)O. The van der Waals surface area contributed by atoms with E-state index in [2.05, 4.69) is 23.6 Å². The molecule has 29 heavy (non-hydrogen) atoms. The Morgan fingerprint density at radius 1 is 1.21 bits per heavy atom. The van der Waals surface area contributed by atoms with Crippen molar-refractivity contribution < 1.29 is 46.3 Å². The summed E-state index contributed by atoms with van der Waals surface area (Å²) >= 11 is 0. The van der Waals surface area contributed by atoms with E-state index in [-0.39, 0.29) is 12.4 Å². The lowest BCUT2D eigenvalue weighted by atomic mass is 10.2. The average Bonchev–Trinajstić information content (AvgIpc) is 3.16. The average molecular weight is 473 g/mol. The van der Waals surface area contributed by atoms with Gasteiger partial charge in [0.2, 0.25) is 0 Å². The Morgan fingerprint density at radius 2 is 1.93 bits per heavy atom. The zero-order chi connectivity index (χ0) is 21.4. The maximum absolute atomic E-state index is 12.2. The minimum Gasteiger partial charge on any atom is -0.382 e. The van der Waals surface area contributed by atoms with Crippen molar-refractivity contribution in [2.24, 2.45) is 0 Å². The molecule has 0 spiro atoms. The first-order valence-electron chi connectivity index (χ1n) is 7.97. The Balaban J connectivity index is 1.58. The Hall–Kier alpha value is -1.24. The lowest BCUT2D eigenvalue weighted by molar-refractivity contribution is -0.0172. The summed E-state index contributed by atoms with van der Waals surface area (Å²) in [4.78, 5) is 38.5.